The van der Waals surface area contributed by atoms with Gasteiger partial charge in [-0.2, -0.15) is 0 Å². The number of carbonyl (C=O) groups excluding carboxylic acids is 2. The molecule has 10 nitrogen and oxygen atoms in total. The minimum absolute atomic E-state index is 0.0222. The van der Waals surface area contributed by atoms with Crippen LogP contribution in [0.15, 0.2) is 33.9 Å². The lowest BCUT2D eigenvalue weighted by atomic mass is 10.1. The Hall–Kier alpha value is -3.56. The molecule has 0 unspecified atom stereocenters. The van der Waals surface area contributed by atoms with Crippen molar-refractivity contribution in [2.24, 2.45) is 11.8 Å². The number of aromatic nitrogens is 2. The first kappa shape index (κ1) is 26.1. The standard InChI is InChI=1S/C25H35N5O5/c1-4-5-12-30-22(26)21(24(33)28-25(30)34)29(13-11-16(2)3)20(31)15-35-19-8-6-7-18(14-19)27-23(32)17-9-10-17/h6-8,14,16-17H,4-5,9-13,15,26H2,1-3H3,(H,27,32)(H,28,33,34). The van der Waals surface area contributed by atoms with Crippen LogP contribution in [-0.2, 0) is 16.1 Å². The second-order valence-electron chi connectivity index (χ2n) is 9.31. The van der Waals surface area contributed by atoms with Crippen LogP contribution in [0, 0.1) is 11.8 Å². The van der Waals surface area contributed by atoms with Crippen molar-refractivity contribution in [1.82, 2.24) is 9.55 Å². The van der Waals surface area contributed by atoms with Gasteiger partial charge < -0.3 is 20.7 Å². The fourth-order valence-electron chi connectivity index (χ4n) is 3.60. The van der Waals surface area contributed by atoms with Gasteiger partial charge in [-0.3, -0.25) is 23.9 Å². The molecule has 1 aromatic heterocycles. The number of nitrogens with one attached hydrogen (secondary N) is 2. The Balaban J connectivity index is 1.80. The summed E-state index contributed by atoms with van der Waals surface area (Å²) in [5.74, 6) is 0.227. The highest BCUT2D eigenvalue weighted by Gasteiger charge is 2.29. The van der Waals surface area contributed by atoms with Gasteiger partial charge in [0.25, 0.3) is 11.5 Å². The summed E-state index contributed by atoms with van der Waals surface area (Å²) >= 11 is 0. The summed E-state index contributed by atoms with van der Waals surface area (Å²) in [4.78, 5) is 53.9. The number of nitrogens with two attached hydrogens (primary N) is 1. The molecule has 2 amide bonds. The number of ether oxygens (including phenoxy) is 1. The minimum Gasteiger partial charge on any atom is -0.484 e. The number of nitrogens with zero attached hydrogens (tertiary/aromatic N) is 2. The number of anilines is 3. The molecule has 10 heteroatoms. The molecule has 0 spiro atoms. The van der Waals surface area contributed by atoms with Crippen molar-refractivity contribution in [2.45, 2.75) is 59.4 Å². The molecule has 1 fully saturated rings. The Labute approximate surface area is 204 Å². The highest BCUT2D eigenvalue weighted by atomic mass is 16.5. The van der Waals surface area contributed by atoms with Crippen LogP contribution in [0.5, 0.6) is 5.75 Å². The van der Waals surface area contributed by atoms with Crippen molar-refractivity contribution in [1.29, 1.82) is 0 Å². The zero-order valence-electron chi connectivity index (χ0n) is 20.6. The van der Waals surface area contributed by atoms with Crippen molar-refractivity contribution >= 4 is 29.0 Å². The predicted octanol–water partition coefficient (Wildman–Crippen LogP) is 2.73. The van der Waals surface area contributed by atoms with Gasteiger partial charge in [-0.25, -0.2) is 4.79 Å². The smallest absolute Gasteiger partial charge is 0.330 e. The zero-order valence-corrected chi connectivity index (χ0v) is 20.6. The summed E-state index contributed by atoms with van der Waals surface area (Å²) in [5, 5.41) is 2.85. The van der Waals surface area contributed by atoms with E-state index in [1.54, 1.807) is 24.3 Å². The number of unbranched alkanes of at least 4 members (excludes halogenated alkanes) is 1. The number of nitrogen functional groups attached to an aromatic ring is 1. The van der Waals surface area contributed by atoms with E-state index in [-0.39, 0.29) is 42.4 Å². The van der Waals surface area contributed by atoms with Gasteiger partial charge in [-0.1, -0.05) is 33.3 Å². The Morgan fingerprint density at radius 1 is 1.29 bits per heavy atom. The average Bonchev–Trinajstić information content (AvgIpc) is 3.65. The maximum Gasteiger partial charge on any atom is 0.330 e. The van der Waals surface area contributed by atoms with E-state index in [1.165, 1.54) is 9.47 Å². The number of H-pyrrole nitrogens is 1. The number of hydrogen-bond acceptors (Lipinski definition) is 6. The monoisotopic (exact) mass is 485 g/mol. The van der Waals surface area contributed by atoms with E-state index in [1.807, 2.05) is 20.8 Å². The number of aromatic amines is 1. The van der Waals surface area contributed by atoms with Gasteiger partial charge in [0.15, 0.2) is 12.3 Å². The highest BCUT2D eigenvalue weighted by Crippen LogP contribution is 2.30. The maximum atomic E-state index is 13.2. The molecule has 2 aromatic rings. The summed E-state index contributed by atoms with van der Waals surface area (Å²) in [7, 11) is 0. The SMILES string of the molecule is CCCCn1c(N)c(N(CCC(C)C)C(=O)COc2cccc(NC(=O)C3CC3)c2)c(=O)[nH]c1=O. The van der Waals surface area contributed by atoms with Crippen LogP contribution in [0.4, 0.5) is 17.2 Å². The van der Waals surface area contributed by atoms with Crippen LogP contribution in [0.1, 0.15) is 52.9 Å². The minimum atomic E-state index is -0.706. The number of amides is 2. The van der Waals surface area contributed by atoms with Crippen LogP contribution in [-0.4, -0.2) is 34.5 Å². The Bertz CT molecular complexity index is 1170. The fraction of sp³-hybridized carbons (Fsp3) is 0.520. The van der Waals surface area contributed by atoms with E-state index in [9.17, 15) is 19.2 Å². The van der Waals surface area contributed by atoms with E-state index in [4.69, 9.17) is 10.5 Å². The molecule has 1 saturated carbocycles. The van der Waals surface area contributed by atoms with Crippen molar-refractivity contribution in [3.05, 3.63) is 45.1 Å². The number of benzene rings is 1. The van der Waals surface area contributed by atoms with E-state index in [2.05, 4.69) is 10.3 Å². The van der Waals surface area contributed by atoms with Gasteiger partial charge in [0.1, 0.15) is 11.6 Å². The molecule has 0 radical (unpaired) electrons. The third kappa shape index (κ3) is 6.97. The molecule has 0 saturated heterocycles. The lowest BCUT2D eigenvalue weighted by Gasteiger charge is -2.25. The van der Waals surface area contributed by atoms with E-state index >= 15 is 0 Å². The summed E-state index contributed by atoms with van der Waals surface area (Å²) in [6.45, 7) is 6.25. The summed E-state index contributed by atoms with van der Waals surface area (Å²) in [6, 6.07) is 6.82. The molecule has 0 atom stereocenters. The molecule has 1 aliphatic carbocycles. The topological polar surface area (TPSA) is 140 Å². The quantitative estimate of drug-likeness (QED) is 0.422. The Morgan fingerprint density at radius 2 is 2.03 bits per heavy atom. The normalized spacial score (nSPS) is 13.0. The summed E-state index contributed by atoms with van der Waals surface area (Å²) < 4.78 is 7.00. The molecule has 0 aliphatic heterocycles. The second kappa shape index (κ2) is 11.7. The highest BCUT2D eigenvalue weighted by molar-refractivity contribution is 5.96. The molecule has 0 bridgehead atoms. The molecule has 1 heterocycles. The van der Waals surface area contributed by atoms with Gasteiger partial charge in [0.2, 0.25) is 5.91 Å². The van der Waals surface area contributed by atoms with E-state index < -0.39 is 17.2 Å². The fourth-order valence-corrected chi connectivity index (χ4v) is 3.60. The Kier molecular flexibility index (Phi) is 8.73. The second-order valence-corrected chi connectivity index (χ2v) is 9.31. The van der Waals surface area contributed by atoms with Crippen molar-refractivity contribution in [3.63, 3.8) is 0 Å². The van der Waals surface area contributed by atoms with Crippen LogP contribution in [0.2, 0.25) is 0 Å². The van der Waals surface area contributed by atoms with Crippen molar-refractivity contribution < 1.29 is 14.3 Å². The van der Waals surface area contributed by atoms with Crippen LogP contribution >= 0.6 is 0 Å². The molecular weight excluding hydrogens is 450 g/mol. The van der Waals surface area contributed by atoms with Crippen molar-refractivity contribution in [2.75, 3.05) is 29.1 Å². The van der Waals surface area contributed by atoms with Gasteiger partial charge in [-0.05, 0) is 43.7 Å². The number of hydrogen-bond donors (Lipinski definition) is 3. The van der Waals surface area contributed by atoms with Gasteiger partial charge >= 0.3 is 5.69 Å². The van der Waals surface area contributed by atoms with E-state index in [0.29, 0.717) is 30.8 Å². The van der Waals surface area contributed by atoms with Gasteiger partial charge in [0.05, 0.1) is 0 Å². The first-order chi connectivity index (χ1) is 16.7. The number of rotatable bonds is 12. The first-order valence-electron chi connectivity index (χ1n) is 12.2. The average molecular weight is 486 g/mol. The zero-order chi connectivity index (χ0) is 25.5. The summed E-state index contributed by atoms with van der Waals surface area (Å²) in [6.07, 6.45) is 3.96. The number of carbonyl (C=O) groups is 2. The third-order valence-corrected chi connectivity index (χ3v) is 5.86. The molecule has 1 aliphatic rings. The molecule has 4 N–H and O–H groups in total. The van der Waals surface area contributed by atoms with Crippen LogP contribution < -0.4 is 31.9 Å². The lowest BCUT2D eigenvalue weighted by Crippen LogP contribution is -2.43. The van der Waals surface area contributed by atoms with E-state index in [0.717, 1.165) is 19.3 Å². The molecule has 1 aromatic carbocycles. The first-order valence-corrected chi connectivity index (χ1v) is 12.2. The molecular formula is C25H35N5O5. The summed E-state index contributed by atoms with van der Waals surface area (Å²) in [5.41, 5.74) is 5.49. The maximum absolute atomic E-state index is 13.2. The largest absolute Gasteiger partial charge is 0.484 e. The Morgan fingerprint density at radius 3 is 2.69 bits per heavy atom. The van der Waals surface area contributed by atoms with Crippen molar-refractivity contribution in [3.8, 4) is 5.75 Å². The van der Waals surface area contributed by atoms with Crippen LogP contribution in [0.3, 0.4) is 0 Å². The van der Waals surface area contributed by atoms with Crippen LogP contribution in [0.25, 0.3) is 0 Å². The predicted molar refractivity (Wildman–Crippen MR) is 136 cm³/mol. The third-order valence-electron chi connectivity index (χ3n) is 5.86. The molecule has 35 heavy (non-hydrogen) atoms. The molecule has 190 valence electrons. The van der Waals surface area contributed by atoms with Gasteiger partial charge in [0, 0.05) is 30.8 Å². The molecule has 3 rings (SSSR count). The van der Waals surface area contributed by atoms with Gasteiger partial charge in [-0.15, -0.1) is 0 Å². The lowest BCUT2D eigenvalue weighted by molar-refractivity contribution is -0.120.